The van der Waals surface area contributed by atoms with Gasteiger partial charge in [0.2, 0.25) is 0 Å². The van der Waals surface area contributed by atoms with Crippen LogP contribution in [0.2, 0.25) is 0 Å². The number of hydrogen-bond acceptors (Lipinski definition) is 3. The topological polar surface area (TPSA) is 53.3 Å². The Morgan fingerprint density at radius 2 is 2.00 bits per heavy atom. The molecule has 0 aromatic heterocycles. The summed E-state index contributed by atoms with van der Waals surface area (Å²) in [5.74, 6) is 0.568. The Hall–Kier alpha value is -2.02. The van der Waals surface area contributed by atoms with E-state index in [2.05, 4.69) is 32.9 Å². The highest BCUT2D eigenvalue weighted by Gasteiger charge is 2.23. The highest BCUT2D eigenvalue weighted by molar-refractivity contribution is 5.81. The van der Waals surface area contributed by atoms with Crippen molar-refractivity contribution in [2.24, 2.45) is 0 Å². The van der Waals surface area contributed by atoms with Gasteiger partial charge in [0.25, 0.3) is 5.91 Å². The fourth-order valence-electron chi connectivity index (χ4n) is 2.06. The molecule has 1 amide bonds. The number of ether oxygens (including phenoxy) is 1. The van der Waals surface area contributed by atoms with E-state index in [4.69, 9.17) is 10.00 Å². The van der Waals surface area contributed by atoms with Crippen LogP contribution < -0.4 is 4.74 Å². The quantitative estimate of drug-likeness (QED) is 0.836. The molecule has 0 bridgehead atoms. The zero-order valence-electron chi connectivity index (χ0n) is 14.4. The number of likely N-dealkylation sites (N-methyl/N-ethyl adjacent to an activating group) is 1. The van der Waals surface area contributed by atoms with Gasteiger partial charge in [0.1, 0.15) is 5.75 Å². The summed E-state index contributed by atoms with van der Waals surface area (Å²) in [5.41, 5.74) is 1.20. The standard InChI is InChI=1S/C18H26N2O2/c1-13(10-11-19)20(6)17(21)14(2)22-16-9-7-8-15(12-16)18(3,4)5/h7-9,12-14H,10H2,1-6H3. The van der Waals surface area contributed by atoms with Gasteiger partial charge in [-0.15, -0.1) is 0 Å². The average molecular weight is 302 g/mol. The van der Waals surface area contributed by atoms with Gasteiger partial charge in [0.05, 0.1) is 12.5 Å². The second-order valence-corrected chi connectivity index (χ2v) is 6.70. The minimum Gasteiger partial charge on any atom is -0.481 e. The van der Waals surface area contributed by atoms with Crippen LogP contribution in [0.3, 0.4) is 0 Å². The number of nitrogens with zero attached hydrogens (tertiary/aromatic N) is 2. The van der Waals surface area contributed by atoms with E-state index in [9.17, 15) is 4.79 Å². The molecule has 0 aliphatic heterocycles. The summed E-state index contributed by atoms with van der Waals surface area (Å²) in [6.45, 7) is 10.0. The van der Waals surface area contributed by atoms with Gasteiger partial charge in [-0.05, 0) is 37.0 Å². The number of carbonyl (C=O) groups is 1. The second-order valence-electron chi connectivity index (χ2n) is 6.70. The van der Waals surface area contributed by atoms with Gasteiger partial charge < -0.3 is 9.64 Å². The lowest BCUT2D eigenvalue weighted by Crippen LogP contribution is -2.42. The molecule has 0 aliphatic carbocycles. The SMILES string of the molecule is CC(Oc1cccc(C(C)(C)C)c1)C(=O)N(C)C(C)CC#N. The molecule has 0 heterocycles. The molecule has 120 valence electrons. The number of carbonyl (C=O) groups excluding carboxylic acids is 1. The van der Waals surface area contributed by atoms with Crippen LogP contribution in [-0.2, 0) is 10.2 Å². The van der Waals surface area contributed by atoms with Crippen LogP contribution in [0, 0.1) is 11.3 Å². The lowest BCUT2D eigenvalue weighted by molar-refractivity contribution is -0.138. The third-order valence-electron chi connectivity index (χ3n) is 3.76. The van der Waals surface area contributed by atoms with E-state index >= 15 is 0 Å². The third kappa shape index (κ3) is 4.77. The van der Waals surface area contributed by atoms with Gasteiger partial charge in [0.15, 0.2) is 6.10 Å². The van der Waals surface area contributed by atoms with E-state index in [1.54, 1.807) is 18.9 Å². The maximum Gasteiger partial charge on any atom is 0.263 e. The van der Waals surface area contributed by atoms with E-state index in [1.165, 1.54) is 0 Å². The molecule has 0 saturated heterocycles. The van der Waals surface area contributed by atoms with Crippen LogP contribution in [0.15, 0.2) is 24.3 Å². The summed E-state index contributed by atoms with van der Waals surface area (Å²) in [4.78, 5) is 13.9. The van der Waals surface area contributed by atoms with Crippen LogP contribution in [0.4, 0.5) is 0 Å². The van der Waals surface area contributed by atoms with Gasteiger partial charge in [-0.1, -0.05) is 32.9 Å². The van der Waals surface area contributed by atoms with Crippen LogP contribution in [0.5, 0.6) is 5.75 Å². The summed E-state index contributed by atoms with van der Waals surface area (Å²) in [6.07, 6.45) is -0.268. The summed E-state index contributed by atoms with van der Waals surface area (Å²) in [7, 11) is 1.70. The van der Waals surface area contributed by atoms with Crippen LogP contribution >= 0.6 is 0 Å². The molecule has 0 saturated carbocycles. The Balaban J connectivity index is 2.78. The van der Waals surface area contributed by atoms with E-state index in [-0.39, 0.29) is 17.4 Å². The van der Waals surface area contributed by atoms with Crippen molar-refractivity contribution >= 4 is 5.91 Å². The van der Waals surface area contributed by atoms with E-state index < -0.39 is 6.10 Å². The molecular formula is C18H26N2O2. The Labute approximate surface area is 133 Å². The number of benzene rings is 1. The minimum atomic E-state index is -0.582. The highest BCUT2D eigenvalue weighted by atomic mass is 16.5. The molecule has 1 aromatic carbocycles. The monoisotopic (exact) mass is 302 g/mol. The molecule has 2 unspecified atom stereocenters. The Morgan fingerprint density at radius 3 is 2.55 bits per heavy atom. The summed E-state index contributed by atoms with van der Waals surface area (Å²) >= 11 is 0. The predicted molar refractivity (Wildman–Crippen MR) is 87.7 cm³/mol. The molecule has 4 nitrogen and oxygen atoms in total. The summed E-state index contributed by atoms with van der Waals surface area (Å²) in [5, 5.41) is 8.73. The molecule has 4 heteroatoms. The number of nitriles is 1. The van der Waals surface area contributed by atoms with E-state index in [1.807, 2.05) is 25.1 Å². The van der Waals surface area contributed by atoms with Gasteiger partial charge >= 0.3 is 0 Å². The Morgan fingerprint density at radius 1 is 1.36 bits per heavy atom. The van der Waals surface area contributed by atoms with Gasteiger partial charge in [-0.3, -0.25) is 4.79 Å². The van der Waals surface area contributed by atoms with E-state index in [0.29, 0.717) is 12.2 Å². The fourth-order valence-corrected chi connectivity index (χ4v) is 2.06. The third-order valence-corrected chi connectivity index (χ3v) is 3.76. The van der Waals surface area contributed by atoms with Crippen molar-refractivity contribution in [2.45, 2.75) is 58.6 Å². The maximum absolute atomic E-state index is 12.3. The molecule has 0 fully saturated rings. The van der Waals surface area contributed by atoms with Crippen molar-refractivity contribution < 1.29 is 9.53 Å². The number of amides is 1. The fraction of sp³-hybridized carbons (Fsp3) is 0.556. The second kappa shape index (κ2) is 7.31. The average Bonchev–Trinajstić information content (AvgIpc) is 2.45. The normalized spacial score (nSPS) is 13.9. The number of rotatable bonds is 5. The molecule has 1 aromatic rings. The first-order valence-corrected chi connectivity index (χ1v) is 7.57. The van der Waals surface area contributed by atoms with Crippen molar-refractivity contribution in [3.05, 3.63) is 29.8 Å². The molecule has 0 N–H and O–H groups in total. The predicted octanol–water partition coefficient (Wildman–Crippen LogP) is 3.51. The Kier molecular flexibility index (Phi) is 5.99. The van der Waals surface area contributed by atoms with Gasteiger partial charge in [-0.2, -0.15) is 5.26 Å². The number of hydrogen-bond donors (Lipinski definition) is 0. The highest BCUT2D eigenvalue weighted by Crippen LogP contribution is 2.26. The zero-order valence-corrected chi connectivity index (χ0v) is 14.4. The summed E-state index contributed by atoms with van der Waals surface area (Å²) < 4.78 is 5.79. The molecule has 0 radical (unpaired) electrons. The van der Waals surface area contributed by atoms with Gasteiger partial charge in [-0.25, -0.2) is 0 Å². The lowest BCUT2D eigenvalue weighted by Gasteiger charge is -2.27. The smallest absolute Gasteiger partial charge is 0.263 e. The zero-order chi connectivity index (χ0) is 16.9. The molecule has 0 aliphatic rings. The Bertz CT molecular complexity index is 555. The first-order chi connectivity index (χ1) is 10.2. The van der Waals surface area contributed by atoms with Crippen LogP contribution in [-0.4, -0.2) is 30.0 Å². The first-order valence-electron chi connectivity index (χ1n) is 7.57. The first kappa shape index (κ1) is 18.0. The van der Waals surface area contributed by atoms with Crippen molar-refractivity contribution in [1.29, 1.82) is 5.26 Å². The molecule has 0 spiro atoms. The minimum absolute atomic E-state index is 0.0325. The van der Waals surface area contributed by atoms with Crippen molar-refractivity contribution in [1.82, 2.24) is 4.90 Å². The molecule has 22 heavy (non-hydrogen) atoms. The molecular weight excluding hydrogens is 276 g/mol. The van der Waals surface area contributed by atoms with Crippen LogP contribution in [0.1, 0.15) is 46.6 Å². The van der Waals surface area contributed by atoms with Crippen LogP contribution in [0.25, 0.3) is 0 Å². The molecule has 1 rings (SSSR count). The van der Waals surface area contributed by atoms with Gasteiger partial charge in [0, 0.05) is 13.1 Å². The van der Waals surface area contributed by atoms with Crippen molar-refractivity contribution in [3.8, 4) is 11.8 Å². The van der Waals surface area contributed by atoms with E-state index in [0.717, 1.165) is 5.56 Å². The summed E-state index contributed by atoms with van der Waals surface area (Å²) in [6, 6.07) is 9.79. The largest absolute Gasteiger partial charge is 0.481 e. The van der Waals surface area contributed by atoms with Crippen molar-refractivity contribution in [3.63, 3.8) is 0 Å². The van der Waals surface area contributed by atoms with Crippen molar-refractivity contribution in [2.75, 3.05) is 7.05 Å². The lowest BCUT2D eigenvalue weighted by atomic mass is 9.87. The molecule has 2 atom stereocenters. The maximum atomic E-state index is 12.3.